The number of aryl methyl sites for hydroxylation is 2. The van der Waals surface area contributed by atoms with Gasteiger partial charge >= 0.3 is 0 Å². The highest BCUT2D eigenvalue weighted by molar-refractivity contribution is 5.84. The molecular formula is C16H29N5O3. The third-order valence-corrected chi connectivity index (χ3v) is 3.31. The van der Waals surface area contributed by atoms with Crippen molar-refractivity contribution < 1.29 is 13.9 Å². The number of carbonyl (C=O) groups excluding carboxylic acids is 1. The van der Waals surface area contributed by atoms with Gasteiger partial charge in [0.15, 0.2) is 5.96 Å². The smallest absolute Gasteiger partial charge is 0.243 e. The number of amides is 1. The van der Waals surface area contributed by atoms with Gasteiger partial charge in [-0.3, -0.25) is 4.79 Å². The molecule has 1 amide bonds. The number of aliphatic imine (C=N–C) groups is 1. The lowest BCUT2D eigenvalue weighted by Gasteiger charge is -2.13. The van der Waals surface area contributed by atoms with E-state index in [4.69, 9.17) is 9.15 Å². The molecule has 8 heteroatoms. The second-order valence-electron chi connectivity index (χ2n) is 5.53. The van der Waals surface area contributed by atoms with E-state index in [9.17, 15) is 4.79 Å². The van der Waals surface area contributed by atoms with Crippen LogP contribution in [0.5, 0.6) is 0 Å². The highest BCUT2D eigenvalue weighted by Gasteiger charge is 2.08. The van der Waals surface area contributed by atoms with Crippen molar-refractivity contribution in [1.82, 2.24) is 20.5 Å². The Hall–Kier alpha value is -2.09. The Morgan fingerprint density at radius 2 is 2.08 bits per heavy atom. The number of hydrogen-bond acceptors (Lipinski definition) is 5. The summed E-state index contributed by atoms with van der Waals surface area (Å²) in [6.45, 7) is 8.33. The fraction of sp³-hybridized carbons (Fsp3) is 0.688. The molecule has 0 atom stereocenters. The standard InChI is InChI=1S/C16H29N5O3/c1-6-23-9-7-8-17-16(19-11-15(22)21(4)5)18-10-14-20-12(2)13(3)24-14/h6-11H2,1-5H3,(H2,17,18,19). The largest absolute Gasteiger partial charge is 0.444 e. The number of nitrogens with one attached hydrogen (secondary N) is 2. The fourth-order valence-electron chi connectivity index (χ4n) is 1.76. The molecule has 0 spiro atoms. The summed E-state index contributed by atoms with van der Waals surface area (Å²) in [6.07, 6.45) is 0.855. The third-order valence-electron chi connectivity index (χ3n) is 3.31. The van der Waals surface area contributed by atoms with Crippen LogP contribution in [0.25, 0.3) is 0 Å². The minimum atomic E-state index is -0.0618. The molecule has 0 saturated heterocycles. The van der Waals surface area contributed by atoms with Gasteiger partial charge in [0, 0.05) is 33.9 Å². The van der Waals surface area contributed by atoms with Crippen LogP contribution in [0.15, 0.2) is 9.41 Å². The number of ether oxygens (including phenoxy) is 1. The molecule has 0 unspecified atom stereocenters. The predicted octanol–water partition coefficient (Wildman–Crippen LogP) is 0.841. The summed E-state index contributed by atoms with van der Waals surface area (Å²) >= 11 is 0. The lowest BCUT2D eigenvalue weighted by molar-refractivity contribution is -0.127. The van der Waals surface area contributed by atoms with Crippen molar-refractivity contribution in [2.24, 2.45) is 4.99 Å². The molecule has 24 heavy (non-hydrogen) atoms. The van der Waals surface area contributed by atoms with Crippen molar-refractivity contribution in [2.75, 3.05) is 40.4 Å². The molecule has 0 fully saturated rings. The zero-order chi connectivity index (χ0) is 17.9. The van der Waals surface area contributed by atoms with Crippen molar-refractivity contribution in [1.29, 1.82) is 0 Å². The molecule has 0 saturated carbocycles. The average molecular weight is 339 g/mol. The Balaban J connectivity index is 2.55. The van der Waals surface area contributed by atoms with E-state index in [2.05, 4.69) is 20.6 Å². The molecule has 1 aromatic rings. The van der Waals surface area contributed by atoms with Crippen molar-refractivity contribution in [3.8, 4) is 0 Å². The van der Waals surface area contributed by atoms with Gasteiger partial charge in [-0.05, 0) is 27.2 Å². The van der Waals surface area contributed by atoms with Crippen LogP contribution in [0, 0.1) is 13.8 Å². The summed E-state index contributed by atoms with van der Waals surface area (Å²) in [7, 11) is 3.41. The quantitative estimate of drug-likeness (QED) is 0.393. The van der Waals surface area contributed by atoms with Crippen LogP contribution in [0.3, 0.4) is 0 Å². The van der Waals surface area contributed by atoms with E-state index in [-0.39, 0.29) is 12.5 Å². The van der Waals surface area contributed by atoms with Gasteiger partial charge in [-0.25, -0.2) is 9.98 Å². The van der Waals surface area contributed by atoms with Crippen LogP contribution < -0.4 is 10.6 Å². The zero-order valence-electron chi connectivity index (χ0n) is 15.3. The number of hydrogen-bond donors (Lipinski definition) is 2. The normalized spacial score (nSPS) is 11.5. The third kappa shape index (κ3) is 7.45. The SMILES string of the molecule is CCOCCCNC(=NCC(=O)N(C)C)NCc1nc(C)c(C)o1. The average Bonchev–Trinajstić information content (AvgIpc) is 2.86. The second-order valence-corrected chi connectivity index (χ2v) is 5.53. The monoisotopic (exact) mass is 339 g/mol. The van der Waals surface area contributed by atoms with Gasteiger partial charge in [-0.2, -0.15) is 0 Å². The van der Waals surface area contributed by atoms with Gasteiger partial charge in [0.25, 0.3) is 0 Å². The number of likely N-dealkylation sites (N-methyl/N-ethyl adjacent to an activating group) is 1. The first-order valence-electron chi connectivity index (χ1n) is 8.17. The Labute approximate surface area is 143 Å². The summed E-state index contributed by atoms with van der Waals surface area (Å²) in [5.74, 6) is 1.88. The van der Waals surface area contributed by atoms with Gasteiger partial charge in [-0.15, -0.1) is 0 Å². The molecule has 136 valence electrons. The molecule has 1 aromatic heterocycles. The second kappa shape index (κ2) is 10.6. The summed E-state index contributed by atoms with van der Waals surface area (Å²) in [6, 6.07) is 0. The zero-order valence-corrected chi connectivity index (χ0v) is 15.3. The fourth-order valence-corrected chi connectivity index (χ4v) is 1.76. The van der Waals surface area contributed by atoms with Gasteiger partial charge in [0.05, 0.1) is 12.2 Å². The number of carbonyl (C=O) groups is 1. The molecule has 0 aliphatic carbocycles. The predicted molar refractivity (Wildman–Crippen MR) is 92.9 cm³/mol. The van der Waals surface area contributed by atoms with E-state index in [1.807, 2.05) is 20.8 Å². The van der Waals surface area contributed by atoms with E-state index in [0.29, 0.717) is 38.2 Å². The molecule has 0 aromatic carbocycles. The van der Waals surface area contributed by atoms with Gasteiger partial charge in [-0.1, -0.05) is 0 Å². The van der Waals surface area contributed by atoms with Crippen LogP contribution in [-0.2, 0) is 16.1 Å². The highest BCUT2D eigenvalue weighted by atomic mass is 16.5. The maximum Gasteiger partial charge on any atom is 0.243 e. The van der Waals surface area contributed by atoms with Crippen LogP contribution in [-0.4, -0.2) is 62.1 Å². The van der Waals surface area contributed by atoms with E-state index >= 15 is 0 Å². The number of guanidine groups is 1. The summed E-state index contributed by atoms with van der Waals surface area (Å²) < 4.78 is 10.8. The number of nitrogens with zero attached hydrogens (tertiary/aromatic N) is 3. The minimum Gasteiger partial charge on any atom is -0.444 e. The first-order valence-corrected chi connectivity index (χ1v) is 8.17. The highest BCUT2D eigenvalue weighted by Crippen LogP contribution is 2.07. The van der Waals surface area contributed by atoms with E-state index in [0.717, 1.165) is 17.9 Å². The summed E-state index contributed by atoms with van der Waals surface area (Å²) in [4.78, 5) is 21.8. The molecule has 1 heterocycles. The van der Waals surface area contributed by atoms with Crippen LogP contribution >= 0.6 is 0 Å². The van der Waals surface area contributed by atoms with Crippen LogP contribution in [0.2, 0.25) is 0 Å². The molecular weight excluding hydrogens is 310 g/mol. The maximum atomic E-state index is 11.7. The van der Waals surface area contributed by atoms with Gasteiger partial charge < -0.3 is 24.7 Å². The minimum absolute atomic E-state index is 0.0618. The molecule has 0 aliphatic heterocycles. The van der Waals surface area contributed by atoms with Crippen molar-refractivity contribution >= 4 is 11.9 Å². The van der Waals surface area contributed by atoms with Crippen molar-refractivity contribution in [3.63, 3.8) is 0 Å². The Morgan fingerprint density at radius 1 is 1.33 bits per heavy atom. The number of oxazole rings is 1. The summed E-state index contributed by atoms with van der Waals surface area (Å²) in [5.41, 5.74) is 0.873. The molecule has 1 rings (SSSR count). The van der Waals surface area contributed by atoms with Crippen LogP contribution in [0.4, 0.5) is 0 Å². The van der Waals surface area contributed by atoms with Crippen molar-refractivity contribution in [2.45, 2.75) is 33.7 Å². The van der Waals surface area contributed by atoms with E-state index in [1.165, 1.54) is 4.90 Å². The van der Waals surface area contributed by atoms with Crippen molar-refractivity contribution in [3.05, 3.63) is 17.3 Å². The van der Waals surface area contributed by atoms with E-state index < -0.39 is 0 Å². The Bertz CT molecular complexity index is 520. The molecule has 0 radical (unpaired) electrons. The molecule has 0 aliphatic rings. The maximum absolute atomic E-state index is 11.7. The number of aromatic nitrogens is 1. The first kappa shape index (κ1) is 20.0. The van der Waals surface area contributed by atoms with Gasteiger partial charge in [0.1, 0.15) is 12.3 Å². The lowest BCUT2D eigenvalue weighted by atomic mass is 10.4. The first-order chi connectivity index (χ1) is 11.4. The lowest BCUT2D eigenvalue weighted by Crippen LogP contribution is -2.39. The Morgan fingerprint density at radius 3 is 2.67 bits per heavy atom. The number of rotatable bonds is 9. The topological polar surface area (TPSA) is 92.0 Å². The van der Waals surface area contributed by atoms with Crippen LogP contribution in [0.1, 0.15) is 30.7 Å². The van der Waals surface area contributed by atoms with E-state index in [1.54, 1.807) is 14.1 Å². The molecule has 8 nitrogen and oxygen atoms in total. The Kier molecular flexibility index (Phi) is 8.85. The molecule has 0 bridgehead atoms. The summed E-state index contributed by atoms with van der Waals surface area (Å²) in [5, 5.41) is 6.32. The van der Waals surface area contributed by atoms with Gasteiger partial charge in [0.2, 0.25) is 11.8 Å². The molecule has 2 N–H and O–H groups in total.